The summed E-state index contributed by atoms with van der Waals surface area (Å²) < 4.78 is 5.58. The van der Waals surface area contributed by atoms with E-state index in [0.717, 1.165) is 17.3 Å². The van der Waals surface area contributed by atoms with E-state index in [1.807, 2.05) is 31.2 Å². The molecule has 0 unspecified atom stereocenters. The molecular formula is C11H16O2S. The lowest BCUT2D eigenvalue weighted by atomic mass is 10.2. The standard InChI is InChI=1S/C11H16O2S/c1-10-4-2-3-5-11(10)13-7-9-14-8-6-12/h2-5,12H,6-9H2,1H3. The smallest absolute Gasteiger partial charge is 0.122 e. The van der Waals surface area contributed by atoms with Crippen LogP contribution >= 0.6 is 11.8 Å². The van der Waals surface area contributed by atoms with E-state index in [4.69, 9.17) is 9.84 Å². The van der Waals surface area contributed by atoms with Crippen LogP contribution in [0.3, 0.4) is 0 Å². The van der Waals surface area contributed by atoms with Crippen LogP contribution in [0.1, 0.15) is 5.56 Å². The molecule has 3 heteroatoms. The molecule has 1 aromatic carbocycles. The number of benzene rings is 1. The highest BCUT2D eigenvalue weighted by atomic mass is 32.2. The second-order valence-corrected chi connectivity index (χ2v) is 4.17. The van der Waals surface area contributed by atoms with Crippen molar-refractivity contribution in [3.8, 4) is 5.75 Å². The molecule has 0 amide bonds. The molecule has 0 heterocycles. The number of hydrogen-bond acceptors (Lipinski definition) is 3. The third-order valence-electron chi connectivity index (χ3n) is 1.81. The zero-order chi connectivity index (χ0) is 10.2. The molecule has 78 valence electrons. The predicted octanol–water partition coefficient (Wildman–Crippen LogP) is 2.10. The number of thioether (sulfide) groups is 1. The fraction of sp³-hybridized carbons (Fsp3) is 0.455. The molecule has 1 rings (SSSR count). The van der Waals surface area contributed by atoms with Crippen molar-refractivity contribution in [3.63, 3.8) is 0 Å². The lowest BCUT2D eigenvalue weighted by molar-refractivity contribution is 0.321. The van der Waals surface area contributed by atoms with Crippen LogP contribution in [0.4, 0.5) is 0 Å². The van der Waals surface area contributed by atoms with Crippen LogP contribution in [0, 0.1) is 6.92 Å². The van der Waals surface area contributed by atoms with Crippen LogP contribution in [0.15, 0.2) is 24.3 Å². The molecule has 0 fully saturated rings. The molecule has 0 radical (unpaired) electrons. The molecule has 0 aliphatic carbocycles. The van der Waals surface area contributed by atoms with Crippen molar-refractivity contribution in [2.75, 3.05) is 24.7 Å². The van der Waals surface area contributed by atoms with E-state index in [1.54, 1.807) is 11.8 Å². The molecule has 0 atom stereocenters. The van der Waals surface area contributed by atoms with Crippen molar-refractivity contribution in [2.45, 2.75) is 6.92 Å². The van der Waals surface area contributed by atoms with Crippen LogP contribution in [-0.4, -0.2) is 29.8 Å². The largest absolute Gasteiger partial charge is 0.492 e. The fourth-order valence-corrected chi connectivity index (χ4v) is 1.63. The molecule has 0 aliphatic heterocycles. The molecule has 0 aromatic heterocycles. The third-order valence-corrected chi connectivity index (χ3v) is 2.74. The maximum Gasteiger partial charge on any atom is 0.122 e. The van der Waals surface area contributed by atoms with Gasteiger partial charge in [-0.05, 0) is 18.6 Å². The van der Waals surface area contributed by atoms with E-state index in [9.17, 15) is 0 Å². The molecule has 0 spiro atoms. The first-order valence-electron chi connectivity index (χ1n) is 4.71. The summed E-state index contributed by atoms with van der Waals surface area (Å²) in [4.78, 5) is 0. The van der Waals surface area contributed by atoms with Gasteiger partial charge in [0.1, 0.15) is 5.75 Å². The average Bonchev–Trinajstić information content (AvgIpc) is 2.20. The highest BCUT2D eigenvalue weighted by Gasteiger charge is 1.96. The normalized spacial score (nSPS) is 10.1. The van der Waals surface area contributed by atoms with Crippen LogP contribution in [-0.2, 0) is 0 Å². The van der Waals surface area contributed by atoms with Crippen LogP contribution in [0.5, 0.6) is 5.75 Å². The van der Waals surface area contributed by atoms with Crippen molar-refractivity contribution in [1.29, 1.82) is 0 Å². The SMILES string of the molecule is Cc1ccccc1OCCSCCO. The minimum Gasteiger partial charge on any atom is -0.492 e. The van der Waals surface area contributed by atoms with E-state index < -0.39 is 0 Å². The molecule has 1 N–H and O–H groups in total. The van der Waals surface area contributed by atoms with Gasteiger partial charge in [-0.25, -0.2) is 0 Å². The molecule has 0 saturated heterocycles. The van der Waals surface area contributed by atoms with Crippen molar-refractivity contribution < 1.29 is 9.84 Å². The topological polar surface area (TPSA) is 29.5 Å². The molecule has 0 saturated carbocycles. The van der Waals surface area contributed by atoms with Gasteiger partial charge in [0.25, 0.3) is 0 Å². The summed E-state index contributed by atoms with van der Waals surface area (Å²) >= 11 is 1.70. The number of ether oxygens (including phenoxy) is 1. The Labute approximate surface area is 89.3 Å². The fourth-order valence-electron chi connectivity index (χ4n) is 1.10. The van der Waals surface area contributed by atoms with Gasteiger partial charge in [-0.2, -0.15) is 11.8 Å². The Hall–Kier alpha value is -0.670. The number of aryl methyl sites for hydroxylation is 1. The molecule has 2 nitrogen and oxygen atoms in total. The van der Waals surface area contributed by atoms with Crippen molar-refractivity contribution >= 4 is 11.8 Å². The molecule has 1 aromatic rings. The monoisotopic (exact) mass is 212 g/mol. The molecule has 14 heavy (non-hydrogen) atoms. The maximum atomic E-state index is 8.57. The van der Waals surface area contributed by atoms with Gasteiger partial charge in [-0.1, -0.05) is 18.2 Å². The van der Waals surface area contributed by atoms with Crippen LogP contribution in [0.2, 0.25) is 0 Å². The summed E-state index contributed by atoms with van der Waals surface area (Å²) in [5.74, 6) is 2.67. The third kappa shape index (κ3) is 4.03. The van der Waals surface area contributed by atoms with Gasteiger partial charge < -0.3 is 9.84 Å². The van der Waals surface area contributed by atoms with Crippen LogP contribution < -0.4 is 4.74 Å². The van der Waals surface area contributed by atoms with Gasteiger partial charge in [-0.15, -0.1) is 0 Å². The van der Waals surface area contributed by atoms with E-state index in [-0.39, 0.29) is 6.61 Å². The van der Waals surface area contributed by atoms with Gasteiger partial charge >= 0.3 is 0 Å². The summed E-state index contributed by atoms with van der Waals surface area (Å²) in [5.41, 5.74) is 1.17. The first kappa shape index (κ1) is 11.4. The van der Waals surface area contributed by atoms with E-state index in [2.05, 4.69) is 0 Å². The Kier molecular flexibility index (Phi) is 5.49. The summed E-state index contributed by atoms with van der Waals surface area (Å²) in [6.45, 7) is 2.99. The number of aliphatic hydroxyl groups excluding tert-OH is 1. The quantitative estimate of drug-likeness (QED) is 0.732. The Morgan fingerprint density at radius 3 is 2.79 bits per heavy atom. The predicted molar refractivity (Wildman–Crippen MR) is 61.1 cm³/mol. The first-order chi connectivity index (χ1) is 6.84. The Morgan fingerprint density at radius 1 is 1.29 bits per heavy atom. The number of aliphatic hydroxyl groups is 1. The van der Waals surface area contributed by atoms with Gasteiger partial charge in [-0.3, -0.25) is 0 Å². The zero-order valence-electron chi connectivity index (χ0n) is 8.40. The zero-order valence-corrected chi connectivity index (χ0v) is 9.22. The number of hydrogen-bond donors (Lipinski definition) is 1. The van der Waals surface area contributed by atoms with Crippen molar-refractivity contribution in [1.82, 2.24) is 0 Å². The van der Waals surface area contributed by atoms with Gasteiger partial charge in [0.15, 0.2) is 0 Å². The second kappa shape index (κ2) is 6.74. The minimum absolute atomic E-state index is 0.245. The van der Waals surface area contributed by atoms with E-state index >= 15 is 0 Å². The Balaban J connectivity index is 2.21. The summed E-state index contributed by atoms with van der Waals surface area (Å²) in [6.07, 6.45) is 0. The Bertz CT molecular complexity index is 263. The average molecular weight is 212 g/mol. The lowest BCUT2D eigenvalue weighted by Gasteiger charge is -2.07. The van der Waals surface area contributed by atoms with Gasteiger partial charge in [0, 0.05) is 11.5 Å². The summed E-state index contributed by atoms with van der Waals surface area (Å²) in [5, 5.41) is 8.57. The molecular weight excluding hydrogens is 196 g/mol. The molecule has 0 bridgehead atoms. The van der Waals surface area contributed by atoms with Gasteiger partial charge in [0.05, 0.1) is 13.2 Å². The summed E-state index contributed by atoms with van der Waals surface area (Å²) in [6, 6.07) is 7.99. The molecule has 0 aliphatic rings. The van der Waals surface area contributed by atoms with Crippen molar-refractivity contribution in [3.05, 3.63) is 29.8 Å². The van der Waals surface area contributed by atoms with Crippen molar-refractivity contribution in [2.24, 2.45) is 0 Å². The van der Waals surface area contributed by atoms with E-state index in [0.29, 0.717) is 6.61 Å². The second-order valence-electron chi connectivity index (χ2n) is 2.95. The van der Waals surface area contributed by atoms with E-state index in [1.165, 1.54) is 5.56 Å². The lowest BCUT2D eigenvalue weighted by Crippen LogP contribution is -2.02. The highest BCUT2D eigenvalue weighted by Crippen LogP contribution is 2.16. The summed E-state index contributed by atoms with van der Waals surface area (Å²) in [7, 11) is 0. The van der Waals surface area contributed by atoms with Gasteiger partial charge in [0.2, 0.25) is 0 Å². The number of rotatable bonds is 6. The highest BCUT2D eigenvalue weighted by molar-refractivity contribution is 7.99. The number of para-hydroxylation sites is 1. The first-order valence-corrected chi connectivity index (χ1v) is 5.87. The Morgan fingerprint density at radius 2 is 2.07 bits per heavy atom. The van der Waals surface area contributed by atoms with Crippen LogP contribution in [0.25, 0.3) is 0 Å². The maximum absolute atomic E-state index is 8.57. The minimum atomic E-state index is 0.245.